The Morgan fingerprint density at radius 1 is 1.46 bits per heavy atom. The van der Waals surface area contributed by atoms with Gasteiger partial charge in [0.25, 0.3) is 0 Å². The highest BCUT2D eigenvalue weighted by atomic mass is 16.5. The number of nitrogens with zero attached hydrogens (tertiary/aromatic N) is 4. The number of aliphatic hydroxyl groups excluding tert-OH is 1. The lowest BCUT2D eigenvalue weighted by Gasteiger charge is -2.22. The summed E-state index contributed by atoms with van der Waals surface area (Å²) in [5, 5.41) is 36.7. The number of fused-ring (bicyclic) bond motifs is 1. The summed E-state index contributed by atoms with van der Waals surface area (Å²) in [5.74, 6) is -0.313. The third kappa shape index (κ3) is 3.71. The van der Waals surface area contributed by atoms with Crippen LogP contribution in [0.25, 0.3) is 11.0 Å². The topological polar surface area (TPSA) is 143 Å². The lowest BCUT2D eigenvalue weighted by atomic mass is 10.3. The van der Waals surface area contributed by atoms with Crippen molar-refractivity contribution in [1.82, 2.24) is 10.00 Å². The summed E-state index contributed by atoms with van der Waals surface area (Å²) < 4.78 is 5.76. The van der Waals surface area contributed by atoms with Gasteiger partial charge in [-0.05, 0) is 19.1 Å². The van der Waals surface area contributed by atoms with E-state index in [1.54, 1.807) is 0 Å². The minimum absolute atomic E-state index is 0.00916. The van der Waals surface area contributed by atoms with Gasteiger partial charge in [-0.2, -0.15) is 0 Å². The zero-order valence-electron chi connectivity index (χ0n) is 13.4. The molecule has 1 atom stereocenters. The largest absolute Gasteiger partial charge is 0.739 e. The Morgan fingerprint density at radius 3 is 2.79 bits per heavy atom. The van der Waals surface area contributed by atoms with E-state index < -0.39 is 12.1 Å². The predicted octanol–water partition coefficient (Wildman–Crippen LogP) is -1.31. The van der Waals surface area contributed by atoms with Crippen molar-refractivity contribution in [2.45, 2.75) is 20.0 Å². The first-order valence-corrected chi connectivity index (χ1v) is 7.32. The molecule has 0 saturated heterocycles. The highest BCUT2D eigenvalue weighted by molar-refractivity contribution is 5.73. The van der Waals surface area contributed by atoms with Crippen molar-refractivity contribution < 1.29 is 24.2 Å². The number of nitrogens with two attached hydrogens (primary N) is 1. The maximum absolute atomic E-state index is 11.7. The zero-order valence-corrected chi connectivity index (χ0v) is 13.4. The summed E-state index contributed by atoms with van der Waals surface area (Å²) in [6.07, 6.45) is -0.891. The number of benzene rings is 1. The van der Waals surface area contributed by atoms with Gasteiger partial charge in [0.15, 0.2) is 5.52 Å². The number of anilines is 1. The molecule has 1 heterocycles. The number of ether oxygens (including phenoxy) is 1. The van der Waals surface area contributed by atoms with Gasteiger partial charge in [0.1, 0.15) is 18.5 Å². The highest BCUT2D eigenvalue weighted by Gasteiger charge is 2.18. The SMILES string of the molecule is CCN(CC(O)COc1ccc2c(c1)[n+]([O-])nc(N)[n+]2[O-])C(C)=O. The fourth-order valence-corrected chi connectivity index (χ4v) is 2.21. The van der Waals surface area contributed by atoms with Crippen LogP contribution in [0.15, 0.2) is 18.2 Å². The molecule has 24 heavy (non-hydrogen) atoms. The second kappa shape index (κ2) is 7.13. The Bertz CT molecular complexity index is 754. The van der Waals surface area contributed by atoms with Crippen LogP contribution in [-0.2, 0) is 4.79 Å². The smallest absolute Gasteiger partial charge is 0.458 e. The number of aliphatic hydroxyl groups is 1. The molecule has 0 fully saturated rings. The van der Waals surface area contributed by atoms with Crippen LogP contribution in [0.2, 0.25) is 0 Å². The molecule has 0 spiro atoms. The normalized spacial score (nSPS) is 12.1. The summed E-state index contributed by atoms with van der Waals surface area (Å²) in [5.41, 5.74) is 5.37. The lowest BCUT2D eigenvalue weighted by Crippen LogP contribution is -2.44. The number of likely N-dealkylation sites (N-methyl/N-ethyl adjacent to an activating group) is 1. The Morgan fingerprint density at radius 2 is 2.17 bits per heavy atom. The molecule has 10 heteroatoms. The molecule has 1 amide bonds. The van der Waals surface area contributed by atoms with Crippen LogP contribution >= 0.6 is 0 Å². The van der Waals surface area contributed by atoms with Gasteiger partial charge >= 0.3 is 11.5 Å². The van der Waals surface area contributed by atoms with E-state index in [0.717, 1.165) is 0 Å². The average molecular weight is 337 g/mol. The van der Waals surface area contributed by atoms with E-state index in [2.05, 4.69) is 5.10 Å². The van der Waals surface area contributed by atoms with Crippen molar-refractivity contribution >= 4 is 22.9 Å². The van der Waals surface area contributed by atoms with Crippen LogP contribution in [0.3, 0.4) is 0 Å². The Balaban J connectivity index is 2.09. The molecule has 0 aliphatic rings. The average Bonchev–Trinajstić information content (AvgIpc) is 2.55. The van der Waals surface area contributed by atoms with Gasteiger partial charge in [0.05, 0.1) is 6.07 Å². The van der Waals surface area contributed by atoms with Crippen molar-refractivity contribution in [3.05, 3.63) is 28.6 Å². The van der Waals surface area contributed by atoms with Gasteiger partial charge in [0.2, 0.25) is 11.0 Å². The maximum Gasteiger partial charge on any atom is 0.458 e. The van der Waals surface area contributed by atoms with Crippen molar-refractivity contribution in [3.63, 3.8) is 0 Å². The van der Waals surface area contributed by atoms with E-state index in [1.165, 1.54) is 30.0 Å². The zero-order chi connectivity index (χ0) is 17.9. The molecule has 0 saturated carbocycles. The minimum Gasteiger partial charge on any atom is -0.739 e. The van der Waals surface area contributed by atoms with E-state index in [1.807, 2.05) is 6.92 Å². The Hall–Kier alpha value is -2.88. The lowest BCUT2D eigenvalue weighted by molar-refractivity contribution is -0.672. The fourth-order valence-electron chi connectivity index (χ4n) is 2.21. The molecule has 0 aliphatic heterocycles. The standard InChI is InChI=1S/C14H19N5O5/c1-3-17(9(2)20)7-10(21)8-24-11-4-5-12-13(6-11)19(23)16-14(15)18(12)22/h4-6,10,21H,3,7-8H2,1-2H3,(H2,15,16). The number of nitrogen functional groups attached to an aromatic ring is 1. The number of carbonyl (C=O) groups excluding carboxylic acids is 1. The molecule has 0 radical (unpaired) electrons. The van der Waals surface area contributed by atoms with Gasteiger partial charge in [-0.1, -0.05) is 0 Å². The second-order valence-electron chi connectivity index (χ2n) is 5.20. The summed E-state index contributed by atoms with van der Waals surface area (Å²) in [7, 11) is 0. The van der Waals surface area contributed by atoms with Gasteiger partial charge in [0, 0.05) is 24.9 Å². The monoisotopic (exact) mass is 337 g/mol. The first kappa shape index (κ1) is 17.5. The predicted molar refractivity (Wildman–Crippen MR) is 83.5 cm³/mol. The highest BCUT2D eigenvalue weighted by Crippen LogP contribution is 2.16. The molecule has 1 aromatic carbocycles. The van der Waals surface area contributed by atoms with Crippen LogP contribution in [0, 0.1) is 10.4 Å². The molecule has 2 aromatic rings. The first-order chi connectivity index (χ1) is 11.3. The van der Waals surface area contributed by atoms with Crippen LogP contribution < -0.4 is 20.0 Å². The number of rotatable bonds is 6. The van der Waals surface area contributed by atoms with E-state index >= 15 is 0 Å². The molecule has 1 unspecified atom stereocenters. The van der Waals surface area contributed by atoms with Crippen molar-refractivity contribution in [2.24, 2.45) is 0 Å². The quantitative estimate of drug-likeness (QED) is 0.492. The fraction of sp³-hybridized carbons (Fsp3) is 0.429. The van der Waals surface area contributed by atoms with E-state index in [4.69, 9.17) is 10.5 Å². The van der Waals surface area contributed by atoms with Gasteiger partial charge in [-0.15, -0.1) is 0 Å². The molecule has 0 aliphatic carbocycles. The van der Waals surface area contributed by atoms with Crippen molar-refractivity contribution in [1.29, 1.82) is 0 Å². The minimum atomic E-state index is -0.891. The Labute approximate surface area is 137 Å². The summed E-state index contributed by atoms with van der Waals surface area (Å²) in [4.78, 5) is 13.0. The number of hydrogen-bond acceptors (Lipinski definition) is 7. The number of hydrogen-bond donors (Lipinski definition) is 2. The molecule has 10 nitrogen and oxygen atoms in total. The van der Waals surface area contributed by atoms with Crippen molar-refractivity contribution in [2.75, 3.05) is 25.4 Å². The van der Waals surface area contributed by atoms with Crippen LogP contribution in [0.1, 0.15) is 13.8 Å². The summed E-state index contributed by atoms with van der Waals surface area (Å²) >= 11 is 0. The van der Waals surface area contributed by atoms with Crippen LogP contribution in [0.5, 0.6) is 5.75 Å². The molecular formula is C14H19N5O5. The maximum atomic E-state index is 11.7. The number of aromatic nitrogens is 3. The van der Waals surface area contributed by atoms with E-state index in [-0.39, 0.29) is 40.7 Å². The van der Waals surface area contributed by atoms with Gasteiger partial charge in [-0.25, -0.2) is 4.73 Å². The number of amides is 1. The molecule has 130 valence electrons. The van der Waals surface area contributed by atoms with Gasteiger partial charge in [-0.3, -0.25) is 10.5 Å². The van der Waals surface area contributed by atoms with E-state index in [9.17, 15) is 20.3 Å². The second-order valence-corrected chi connectivity index (χ2v) is 5.20. The Kier molecular flexibility index (Phi) is 5.19. The first-order valence-electron chi connectivity index (χ1n) is 7.32. The van der Waals surface area contributed by atoms with Crippen LogP contribution in [-0.4, -0.2) is 46.8 Å². The third-order valence-electron chi connectivity index (χ3n) is 3.47. The van der Waals surface area contributed by atoms with E-state index in [0.29, 0.717) is 11.3 Å². The van der Waals surface area contributed by atoms with Crippen LogP contribution in [0.4, 0.5) is 5.95 Å². The molecule has 0 bridgehead atoms. The molecular weight excluding hydrogens is 318 g/mol. The van der Waals surface area contributed by atoms with Crippen molar-refractivity contribution in [3.8, 4) is 5.75 Å². The summed E-state index contributed by atoms with van der Waals surface area (Å²) in [6, 6.07) is 4.19. The summed E-state index contributed by atoms with van der Waals surface area (Å²) in [6.45, 7) is 3.77. The molecule has 1 aromatic heterocycles. The number of carbonyl (C=O) groups is 1. The molecule has 3 N–H and O–H groups in total. The van der Waals surface area contributed by atoms with Gasteiger partial charge < -0.3 is 25.2 Å². The molecule has 2 rings (SSSR count). The third-order valence-corrected chi connectivity index (χ3v) is 3.47.